The van der Waals surface area contributed by atoms with Crippen LogP contribution in [0.15, 0.2) is 36.5 Å². The largest absolute Gasteiger partial charge is 0.449 e. The van der Waals surface area contributed by atoms with Gasteiger partial charge in [-0.1, -0.05) is 23.2 Å². The van der Waals surface area contributed by atoms with Crippen LogP contribution in [0.1, 0.15) is 17.3 Å². The SMILES string of the molecule is C[C@@H](OC(=O)c1cccnc1Cl)C(=O)Nc1ccc(F)cc1Cl. The van der Waals surface area contributed by atoms with Crippen LogP contribution in [0, 0.1) is 5.82 Å². The minimum Gasteiger partial charge on any atom is -0.449 e. The second-order valence-corrected chi connectivity index (χ2v) is 5.27. The van der Waals surface area contributed by atoms with Crippen molar-refractivity contribution in [3.8, 4) is 0 Å². The van der Waals surface area contributed by atoms with E-state index in [1.807, 2.05) is 0 Å². The Balaban J connectivity index is 2.03. The molecule has 0 aliphatic carbocycles. The van der Waals surface area contributed by atoms with E-state index in [2.05, 4.69) is 10.3 Å². The van der Waals surface area contributed by atoms with E-state index >= 15 is 0 Å². The van der Waals surface area contributed by atoms with Gasteiger partial charge in [0.2, 0.25) is 0 Å². The molecular formula is C15H11Cl2FN2O3. The average molecular weight is 357 g/mol. The Morgan fingerprint density at radius 3 is 2.70 bits per heavy atom. The summed E-state index contributed by atoms with van der Waals surface area (Å²) < 4.78 is 18.0. The summed E-state index contributed by atoms with van der Waals surface area (Å²) in [4.78, 5) is 27.7. The zero-order valence-corrected chi connectivity index (χ0v) is 13.4. The van der Waals surface area contributed by atoms with Gasteiger partial charge in [-0.2, -0.15) is 0 Å². The number of pyridine rings is 1. The predicted molar refractivity (Wildman–Crippen MR) is 84.2 cm³/mol. The van der Waals surface area contributed by atoms with Crippen molar-refractivity contribution in [2.45, 2.75) is 13.0 Å². The summed E-state index contributed by atoms with van der Waals surface area (Å²) in [5.41, 5.74) is 0.258. The smallest absolute Gasteiger partial charge is 0.342 e. The van der Waals surface area contributed by atoms with Crippen molar-refractivity contribution in [2.75, 3.05) is 5.32 Å². The van der Waals surface area contributed by atoms with Crippen LogP contribution in [0.25, 0.3) is 0 Å². The van der Waals surface area contributed by atoms with Gasteiger partial charge in [0.05, 0.1) is 16.3 Å². The zero-order valence-electron chi connectivity index (χ0n) is 11.8. The molecule has 1 aromatic heterocycles. The Labute approximate surface area is 141 Å². The summed E-state index contributed by atoms with van der Waals surface area (Å²) in [6, 6.07) is 6.46. The number of carbonyl (C=O) groups is 2. The number of nitrogens with one attached hydrogen (secondary N) is 1. The minimum absolute atomic E-state index is 0.0216. The average Bonchev–Trinajstić information content (AvgIpc) is 2.50. The second kappa shape index (κ2) is 7.39. The molecule has 0 unspecified atom stereocenters. The molecule has 0 aliphatic heterocycles. The summed E-state index contributed by atoms with van der Waals surface area (Å²) >= 11 is 11.6. The number of benzene rings is 1. The molecule has 0 aliphatic rings. The zero-order chi connectivity index (χ0) is 17.0. The van der Waals surface area contributed by atoms with E-state index in [1.54, 1.807) is 0 Å². The highest BCUT2D eigenvalue weighted by Crippen LogP contribution is 2.23. The number of esters is 1. The van der Waals surface area contributed by atoms with Crippen molar-refractivity contribution >= 4 is 40.8 Å². The first-order valence-electron chi connectivity index (χ1n) is 6.46. The monoisotopic (exact) mass is 356 g/mol. The van der Waals surface area contributed by atoms with E-state index in [0.29, 0.717) is 0 Å². The molecule has 8 heteroatoms. The third-order valence-electron chi connectivity index (χ3n) is 2.82. The number of anilines is 1. The van der Waals surface area contributed by atoms with E-state index < -0.39 is 23.8 Å². The lowest BCUT2D eigenvalue weighted by Crippen LogP contribution is -2.30. The Hall–Kier alpha value is -2.18. The van der Waals surface area contributed by atoms with Crippen molar-refractivity contribution in [1.82, 2.24) is 4.98 Å². The van der Waals surface area contributed by atoms with Crippen LogP contribution < -0.4 is 5.32 Å². The fraction of sp³-hybridized carbons (Fsp3) is 0.133. The number of halogens is 3. The Bertz CT molecular complexity index is 755. The maximum atomic E-state index is 13.0. The molecule has 1 amide bonds. The molecule has 2 rings (SSSR count). The van der Waals surface area contributed by atoms with Crippen LogP contribution in [-0.2, 0) is 9.53 Å². The van der Waals surface area contributed by atoms with Crippen molar-refractivity contribution in [3.05, 3.63) is 58.1 Å². The normalized spacial score (nSPS) is 11.7. The molecule has 1 heterocycles. The minimum atomic E-state index is -1.11. The van der Waals surface area contributed by atoms with Gasteiger partial charge in [-0.05, 0) is 37.3 Å². The molecule has 1 atom stereocenters. The number of aromatic nitrogens is 1. The fourth-order valence-electron chi connectivity index (χ4n) is 1.64. The van der Waals surface area contributed by atoms with E-state index in [-0.39, 0.29) is 21.4 Å². The van der Waals surface area contributed by atoms with E-state index in [9.17, 15) is 14.0 Å². The van der Waals surface area contributed by atoms with Crippen LogP contribution in [0.3, 0.4) is 0 Å². The molecule has 0 saturated heterocycles. The Kier molecular flexibility index (Phi) is 5.52. The van der Waals surface area contributed by atoms with Crippen molar-refractivity contribution in [2.24, 2.45) is 0 Å². The summed E-state index contributed by atoms with van der Waals surface area (Å²) in [5.74, 6) is -1.93. The second-order valence-electron chi connectivity index (χ2n) is 4.50. The predicted octanol–water partition coefficient (Wildman–Crippen LogP) is 3.71. The molecule has 120 valence electrons. The quantitative estimate of drug-likeness (QED) is 0.669. The first-order chi connectivity index (χ1) is 10.9. The van der Waals surface area contributed by atoms with Gasteiger partial charge in [0.1, 0.15) is 11.0 Å². The van der Waals surface area contributed by atoms with Gasteiger partial charge < -0.3 is 10.1 Å². The highest BCUT2D eigenvalue weighted by Gasteiger charge is 2.21. The summed E-state index contributed by atoms with van der Waals surface area (Å²) in [5, 5.41) is 2.46. The van der Waals surface area contributed by atoms with Gasteiger partial charge in [-0.3, -0.25) is 4.79 Å². The number of nitrogens with zero attached hydrogens (tertiary/aromatic N) is 1. The van der Waals surface area contributed by atoms with Crippen LogP contribution in [0.4, 0.5) is 10.1 Å². The molecule has 5 nitrogen and oxygen atoms in total. The maximum absolute atomic E-state index is 13.0. The molecule has 0 saturated carbocycles. The number of carbonyl (C=O) groups excluding carboxylic acids is 2. The van der Waals surface area contributed by atoms with E-state index in [1.165, 1.54) is 31.3 Å². The summed E-state index contributed by atoms with van der Waals surface area (Å²) in [6.07, 6.45) is 0.311. The van der Waals surface area contributed by atoms with Crippen molar-refractivity contribution < 1.29 is 18.7 Å². The number of rotatable bonds is 4. The molecule has 0 bridgehead atoms. The van der Waals surface area contributed by atoms with Gasteiger partial charge in [0.15, 0.2) is 6.10 Å². The molecule has 1 N–H and O–H groups in total. The highest BCUT2D eigenvalue weighted by molar-refractivity contribution is 6.33. The molecule has 0 fully saturated rings. The molecule has 23 heavy (non-hydrogen) atoms. The van der Waals surface area contributed by atoms with Gasteiger partial charge in [-0.25, -0.2) is 14.2 Å². The van der Waals surface area contributed by atoms with Gasteiger partial charge >= 0.3 is 5.97 Å². The van der Waals surface area contributed by atoms with Gasteiger partial charge in [0.25, 0.3) is 5.91 Å². The molecular weight excluding hydrogens is 346 g/mol. The molecule has 2 aromatic rings. The lowest BCUT2D eigenvalue weighted by Gasteiger charge is -2.14. The number of hydrogen-bond acceptors (Lipinski definition) is 4. The fourth-order valence-corrected chi connectivity index (χ4v) is 2.05. The standard InChI is InChI=1S/C15H11Cl2FN2O3/c1-8(23-15(22)10-3-2-6-19-13(10)17)14(21)20-12-5-4-9(18)7-11(12)16/h2-8H,1H3,(H,20,21)/t8-/m1/s1. The Morgan fingerprint density at radius 1 is 1.30 bits per heavy atom. The third kappa shape index (κ3) is 4.40. The Morgan fingerprint density at radius 2 is 2.04 bits per heavy atom. The maximum Gasteiger partial charge on any atom is 0.342 e. The van der Waals surface area contributed by atoms with Crippen molar-refractivity contribution in [3.63, 3.8) is 0 Å². The number of ether oxygens (including phenoxy) is 1. The topological polar surface area (TPSA) is 68.3 Å². The first-order valence-corrected chi connectivity index (χ1v) is 7.21. The van der Waals surface area contributed by atoms with Crippen LogP contribution >= 0.6 is 23.2 Å². The third-order valence-corrected chi connectivity index (χ3v) is 3.43. The molecule has 1 aromatic carbocycles. The van der Waals surface area contributed by atoms with Crippen molar-refractivity contribution in [1.29, 1.82) is 0 Å². The highest BCUT2D eigenvalue weighted by atomic mass is 35.5. The summed E-state index contributed by atoms with van der Waals surface area (Å²) in [7, 11) is 0. The van der Waals surface area contributed by atoms with Crippen LogP contribution in [-0.4, -0.2) is 23.0 Å². The lowest BCUT2D eigenvalue weighted by atomic mass is 10.2. The van der Waals surface area contributed by atoms with Gasteiger partial charge in [0, 0.05) is 6.20 Å². The number of hydrogen-bond donors (Lipinski definition) is 1. The first kappa shape index (κ1) is 17.2. The van der Waals surface area contributed by atoms with E-state index in [4.69, 9.17) is 27.9 Å². The molecule has 0 radical (unpaired) electrons. The summed E-state index contributed by atoms with van der Waals surface area (Å²) in [6.45, 7) is 1.38. The van der Waals surface area contributed by atoms with Gasteiger partial charge in [-0.15, -0.1) is 0 Å². The number of amides is 1. The van der Waals surface area contributed by atoms with Crippen LogP contribution in [0.5, 0.6) is 0 Å². The molecule has 0 spiro atoms. The van der Waals surface area contributed by atoms with E-state index in [0.717, 1.165) is 12.1 Å². The lowest BCUT2D eigenvalue weighted by molar-refractivity contribution is -0.123. The van der Waals surface area contributed by atoms with Crippen LogP contribution in [0.2, 0.25) is 10.2 Å².